The maximum absolute atomic E-state index is 12.9. The summed E-state index contributed by atoms with van der Waals surface area (Å²) in [6.45, 7) is 1.80. The van der Waals surface area contributed by atoms with Gasteiger partial charge in [-0.3, -0.25) is 4.72 Å². The Morgan fingerprint density at radius 1 is 1.10 bits per heavy atom. The summed E-state index contributed by atoms with van der Waals surface area (Å²) in [7, 11) is -2.49. The van der Waals surface area contributed by atoms with Crippen molar-refractivity contribution < 1.29 is 22.3 Å². The number of methoxy groups -OCH3 is 1. The zero-order valence-corrected chi connectivity index (χ0v) is 16.3. The molecule has 0 aliphatic rings. The maximum atomic E-state index is 12.9. The van der Waals surface area contributed by atoms with E-state index < -0.39 is 15.8 Å². The highest BCUT2D eigenvalue weighted by Gasteiger charge is 2.18. The number of sulfonamides is 1. The van der Waals surface area contributed by atoms with E-state index in [1.807, 2.05) is 6.07 Å². The average molecular weight is 413 g/mol. The minimum absolute atomic E-state index is 0.0298. The first-order chi connectivity index (χ1) is 13.8. The summed E-state index contributed by atoms with van der Waals surface area (Å²) in [6, 6.07) is 13.3. The number of ether oxygens (including phenoxy) is 2. The monoisotopic (exact) mass is 413 g/mol. The predicted octanol–water partition coefficient (Wildman–Crippen LogP) is 4.00. The molecule has 0 unspecified atom stereocenters. The minimum atomic E-state index is -4.03. The van der Waals surface area contributed by atoms with Crippen LogP contribution in [0.4, 0.5) is 10.2 Å². The average Bonchev–Trinajstić information content (AvgIpc) is 2.71. The molecule has 3 rings (SSSR count). The van der Waals surface area contributed by atoms with Gasteiger partial charge >= 0.3 is 0 Å². The Labute approximate surface area is 167 Å². The minimum Gasteiger partial charge on any atom is -0.496 e. The van der Waals surface area contributed by atoms with E-state index in [1.165, 1.54) is 31.4 Å². The first-order valence-corrected chi connectivity index (χ1v) is 9.82. The van der Waals surface area contributed by atoms with Crippen LogP contribution in [-0.2, 0) is 10.0 Å². The van der Waals surface area contributed by atoms with E-state index in [1.54, 1.807) is 25.1 Å². The number of nitrogens with one attached hydrogen (secondary N) is 1. The van der Waals surface area contributed by atoms with Gasteiger partial charge in [-0.25, -0.2) is 17.8 Å². The van der Waals surface area contributed by atoms with Crippen molar-refractivity contribution in [1.82, 2.24) is 4.98 Å². The molecule has 0 spiro atoms. The Morgan fingerprint density at radius 2 is 1.86 bits per heavy atom. The molecule has 0 atom stereocenters. The molecule has 0 aliphatic heterocycles. The first kappa shape index (κ1) is 20.1. The molecule has 0 amide bonds. The molecule has 0 saturated heterocycles. The van der Waals surface area contributed by atoms with Gasteiger partial charge in [-0.1, -0.05) is 6.07 Å². The van der Waals surface area contributed by atoms with Crippen molar-refractivity contribution in [1.29, 1.82) is 5.26 Å². The van der Waals surface area contributed by atoms with Crippen LogP contribution < -0.4 is 14.2 Å². The van der Waals surface area contributed by atoms with Gasteiger partial charge < -0.3 is 9.47 Å². The fourth-order valence-corrected chi connectivity index (χ4v) is 3.56. The number of benzene rings is 2. The Bertz CT molecular complexity index is 1190. The molecule has 1 aromatic heterocycles. The smallest absolute Gasteiger partial charge is 0.263 e. The summed E-state index contributed by atoms with van der Waals surface area (Å²) in [5.74, 6) is 0.662. The highest BCUT2D eigenvalue weighted by molar-refractivity contribution is 7.92. The van der Waals surface area contributed by atoms with Crippen LogP contribution in [-0.4, -0.2) is 20.5 Å². The Morgan fingerprint density at radius 3 is 2.52 bits per heavy atom. The number of rotatable bonds is 6. The van der Waals surface area contributed by atoms with E-state index in [0.717, 1.165) is 17.8 Å². The molecule has 1 N–H and O–H groups in total. The number of hydrogen-bond acceptors (Lipinski definition) is 6. The van der Waals surface area contributed by atoms with Crippen LogP contribution in [0.2, 0.25) is 0 Å². The molecule has 9 heteroatoms. The molecule has 148 valence electrons. The van der Waals surface area contributed by atoms with Gasteiger partial charge in [-0.2, -0.15) is 5.26 Å². The van der Waals surface area contributed by atoms with Crippen LogP contribution in [0.3, 0.4) is 0 Å². The zero-order valence-electron chi connectivity index (χ0n) is 15.5. The molecule has 0 aliphatic carbocycles. The lowest BCUT2D eigenvalue weighted by molar-refractivity contribution is 0.404. The largest absolute Gasteiger partial charge is 0.496 e. The van der Waals surface area contributed by atoms with Crippen molar-refractivity contribution in [2.45, 2.75) is 11.8 Å². The van der Waals surface area contributed by atoms with Crippen LogP contribution in [0.25, 0.3) is 0 Å². The van der Waals surface area contributed by atoms with Gasteiger partial charge in [-0.15, -0.1) is 0 Å². The lowest BCUT2D eigenvalue weighted by atomic mass is 10.2. The second kappa shape index (κ2) is 8.16. The molecule has 0 fully saturated rings. The number of hydrogen-bond donors (Lipinski definition) is 1. The molecular formula is C20H16FN3O4S. The maximum Gasteiger partial charge on any atom is 0.263 e. The third kappa shape index (κ3) is 4.44. The van der Waals surface area contributed by atoms with Gasteiger partial charge in [0.15, 0.2) is 0 Å². The molecule has 0 radical (unpaired) electrons. The lowest BCUT2D eigenvalue weighted by Crippen LogP contribution is -2.14. The molecular weight excluding hydrogens is 397 g/mol. The number of pyridine rings is 1. The molecule has 1 heterocycles. The molecule has 0 bridgehead atoms. The fraction of sp³-hybridized carbons (Fsp3) is 0.100. The van der Waals surface area contributed by atoms with Crippen LogP contribution in [0.1, 0.15) is 11.1 Å². The third-order valence-electron chi connectivity index (χ3n) is 4.02. The quantitative estimate of drug-likeness (QED) is 0.655. The summed E-state index contributed by atoms with van der Waals surface area (Å²) in [5.41, 5.74) is 0.766. The summed E-state index contributed by atoms with van der Waals surface area (Å²) < 4.78 is 51.3. The predicted molar refractivity (Wildman–Crippen MR) is 104 cm³/mol. The highest BCUT2D eigenvalue weighted by atomic mass is 32.2. The lowest BCUT2D eigenvalue weighted by Gasteiger charge is -2.13. The van der Waals surface area contributed by atoms with Gasteiger partial charge in [-0.05, 0) is 49.4 Å². The summed E-state index contributed by atoms with van der Waals surface area (Å²) in [5, 5.41) is 9.45. The number of anilines is 1. The Kier molecular flexibility index (Phi) is 5.66. The third-order valence-corrected chi connectivity index (χ3v) is 5.37. The molecule has 0 saturated carbocycles. The van der Waals surface area contributed by atoms with Crippen LogP contribution in [0, 0.1) is 24.1 Å². The summed E-state index contributed by atoms with van der Waals surface area (Å²) >= 11 is 0. The normalized spacial score (nSPS) is 10.8. The first-order valence-electron chi connectivity index (χ1n) is 8.34. The number of nitrogens with zero attached hydrogens (tertiary/aromatic N) is 2. The van der Waals surface area contributed by atoms with E-state index in [-0.39, 0.29) is 22.0 Å². The van der Waals surface area contributed by atoms with Crippen molar-refractivity contribution in [2.24, 2.45) is 0 Å². The SMILES string of the molecule is COc1cccc(Oc2ccc(S(=O)(=O)Nc3ccc(F)cn3)cc2C#N)c1C. The van der Waals surface area contributed by atoms with Crippen molar-refractivity contribution in [3.05, 3.63) is 71.7 Å². The van der Waals surface area contributed by atoms with Crippen molar-refractivity contribution in [3.63, 3.8) is 0 Å². The summed E-state index contributed by atoms with van der Waals surface area (Å²) in [4.78, 5) is 3.51. The van der Waals surface area contributed by atoms with E-state index in [0.29, 0.717) is 11.5 Å². The Balaban J connectivity index is 1.91. The number of aromatic nitrogens is 1. The van der Waals surface area contributed by atoms with Gasteiger partial charge in [0.2, 0.25) is 0 Å². The second-order valence-corrected chi connectivity index (χ2v) is 7.60. The van der Waals surface area contributed by atoms with E-state index in [9.17, 15) is 18.1 Å². The molecule has 29 heavy (non-hydrogen) atoms. The van der Waals surface area contributed by atoms with Crippen LogP contribution in [0.15, 0.2) is 59.6 Å². The Hall–Kier alpha value is -3.64. The topological polar surface area (TPSA) is 101 Å². The number of nitriles is 1. The van der Waals surface area contributed by atoms with Gasteiger partial charge in [0.1, 0.15) is 35.0 Å². The fourth-order valence-electron chi connectivity index (χ4n) is 2.53. The summed E-state index contributed by atoms with van der Waals surface area (Å²) in [6.07, 6.45) is 0.895. The molecule has 2 aromatic carbocycles. The van der Waals surface area contributed by atoms with Crippen molar-refractivity contribution >= 4 is 15.8 Å². The van der Waals surface area contributed by atoms with Crippen LogP contribution in [0.5, 0.6) is 17.2 Å². The van der Waals surface area contributed by atoms with E-state index in [2.05, 4.69) is 9.71 Å². The van der Waals surface area contributed by atoms with E-state index >= 15 is 0 Å². The van der Waals surface area contributed by atoms with E-state index in [4.69, 9.17) is 9.47 Å². The number of halogens is 1. The highest BCUT2D eigenvalue weighted by Crippen LogP contribution is 2.33. The second-order valence-electron chi connectivity index (χ2n) is 5.92. The van der Waals surface area contributed by atoms with Gasteiger partial charge in [0.25, 0.3) is 10.0 Å². The van der Waals surface area contributed by atoms with Gasteiger partial charge in [0, 0.05) is 5.56 Å². The standard InChI is InChI=1S/C20H16FN3O4S/c1-13-17(27-2)4-3-5-18(13)28-19-8-7-16(10-14(19)11-22)29(25,26)24-20-9-6-15(21)12-23-20/h3-10,12H,1-2H3,(H,23,24). The molecule has 7 nitrogen and oxygen atoms in total. The van der Waals surface area contributed by atoms with Crippen molar-refractivity contribution in [2.75, 3.05) is 11.8 Å². The van der Waals surface area contributed by atoms with Crippen LogP contribution >= 0.6 is 0 Å². The zero-order chi connectivity index (χ0) is 21.0. The molecule has 3 aromatic rings. The van der Waals surface area contributed by atoms with Gasteiger partial charge in [0.05, 0.1) is 23.8 Å². The van der Waals surface area contributed by atoms with Crippen molar-refractivity contribution in [3.8, 4) is 23.3 Å².